The first-order valence-electron chi connectivity index (χ1n) is 4.68. The van der Waals surface area contributed by atoms with Crippen LogP contribution in [-0.4, -0.2) is 21.0 Å². The van der Waals surface area contributed by atoms with E-state index < -0.39 is 16.8 Å². The molecule has 4 heteroatoms. The Bertz CT molecular complexity index is 463. The van der Waals surface area contributed by atoms with E-state index in [0.29, 0.717) is 10.6 Å². The molecule has 1 aromatic carbocycles. The van der Waals surface area contributed by atoms with Crippen molar-refractivity contribution in [3.05, 3.63) is 29.3 Å². The van der Waals surface area contributed by atoms with Crippen LogP contribution in [0.5, 0.6) is 0 Å². The number of fused-ring (bicyclic) bond motifs is 1. The van der Waals surface area contributed by atoms with E-state index in [-0.39, 0.29) is 11.0 Å². The van der Waals surface area contributed by atoms with Crippen molar-refractivity contribution >= 4 is 16.8 Å². The van der Waals surface area contributed by atoms with Gasteiger partial charge >= 0.3 is 5.97 Å². The summed E-state index contributed by atoms with van der Waals surface area (Å²) in [4.78, 5) is 11.5. The molecule has 15 heavy (non-hydrogen) atoms. The molecule has 0 bridgehead atoms. The van der Waals surface area contributed by atoms with Crippen LogP contribution in [0.1, 0.15) is 29.8 Å². The Kier molecular flexibility index (Phi) is 2.19. The van der Waals surface area contributed by atoms with Crippen molar-refractivity contribution in [3.8, 4) is 0 Å². The van der Waals surface area contributed by atoms with Gasteiger partial charge < -0.3 is 5.11 Å². The SMILES string of the molecule is CC1(C)CS(=O)c2cc(C(=O)O)ccc21. The topological polar surface area (TPSA) is 54.4 Å². The van der Waals surface area contributed by atoms with E-state index in [2.05, 4.69) is 0 Å². The average Bonchev–Trinajstić information content (AvgIpc) is 2.37. The Labute approximate surface area is 90.6 Å². The van der Waals surface area contributed by atoms with Crippen molar-refractivity contribution in [2.45, 2.75) is 24.2 Å². The molecule has 80 valence electrons. The predicted molar refractivity (Wildman–Crippen MR) is 57.7 cm³/mol. The number of carbonyl (C=O) groups is 1. The normalized spacial score (nSPS) is 22.4. The number of carboxylic acids is 1. The lowest BCUT2D eigenvalue weighted by molar-refractivity contribution is 0.0696. The maximum absolute atomic E-state index is 11.8. The van der Waals surface area contributed by atoms with Gasteiger partial charge in [-0.3, -0.25) is 4.21 Å². The van der Waals surface area contributed by atoms with Crippen LogP contribution >= 0.6 is 0 Å². The van der Waals surface area contributed by atoms with Crippen LogP contribution in [0.2, 0.25) is 0 Å². The fourth-order valence-electron chi connectivity index (χ4n) is 1.89. The van der Waals surface area contributed by atoms with E-state index in [4.69, 9.17) is 5.11 Å². The van der Waals surface area contributed by atoms with Crippen LogP contribution < -0.4 is 0 Å². The van der Waals surface area contributed by atoms with Crippen molar-refractivity contribution in [3.63, 3.8) is 0 Å². The standard InChI is InChI=1S/C11H12O3S/c1-11(2)6-15(14)9-5-7(10(12)13)3-4-8(9)11/h3-5H,6H2,1-2H3,(H,12,13). The van der Waals surface area contributed by atoms with E-state index in [1.54, 1.807) is 12.1 Å². The van der Waals surface area contributed by atoms with Gasteiger partial charge in [0.2, 0.25) is 0 Å². The summed E-state index contributed by atoms with van der Waals surface area (Å²) >= 11 is 0. The van der Waals surface area contributed by atoms with Gasteiger partial charge in [-0.2, -0.15) is 0 Å². The summed E-state index contributed by atoms with van der Waals surface area (Å²) in [5, 5.41) is 8.83. The minimum Gasteiger partial charge on any atom is -0.478 e. The molecular weight excluding hydrogens is 212 g/mol. The molecule has 0 spiro atoms. The third-order valence-corrected chi connectivity index (χ3v) is 4.51. The highest BCUT2D eigenvalue weighted by atomic mass is 32.2. The summed E-state index contributed by atoms with van der Waals surface area (Å²) in [5.74, 6) is -0.398. The maximum Gasteiger partial charge on any atom is 0.335 e. The highest BCUT2D eigenvalue weighted by molar-refractivity contribution is 7.85. The van der Waals surface area contributed by atoms with E-state index in [0.717, 1.165) is 5.56 Å². The van der Waals surface area contributed by atoms with E-state index >= 15 is 0 Å². The van der Waals surface area contributed by atoms with E-state index in [1.165, 1.54) is 6.07 Å². The van der Waals surface area contributed by atoms with E-state index in [9.17, 15) is 9.00 Å². The summed E-state index contributed by atoms with van der Waals surface area (Å²) in [6, 6.07) is 4.89. The van der Waals surface area contributed by atoms with Crippen molar-refractivity contribution in [1.82, 2.24) is 0 Å². The van der Waals surface area contributed by atoms with Gasteiger partial charge in [0.1, 0.15) is 0 Å². The van der Waals surface area contributed by atoms with Gasteiger partial charge in [0, 0.05) is 16.1 Å². The minimum atomic E-state index is -1.06. The lowest BCUT2D eigenvalue weighted by atomic mass is 9.87. The van der Waals surface area contributed by atoms with Crippen LogP contribution in [0, 0.1) is 0 Å². The molecule has 0 saturated carbocycles. The number of carboxylic acid groups (broad SMARTS) is 1. The van der Waals surface area contributed by atoms with Crippen LogP contribution in [0.4, 0.5) is 0 Å². The number of hydrogen-bond donors (Lipinski definition) is 1. The second kappa shape index (κ2) is 3.17. The van der Waals surface area contributed by atoms with Gasteiger partial charge in [0.15, 0.2) is 0 Å². The largest absolute Gasteiger partial charge is 0.478 e. The Balaban J connectivity index is 2.60. The Morgan fingerprint density at radius 1 is 1.47 bits per heavy atom. The summed E-state index contributed by atoms with van der Waals surface area (Å²) in [6.45, 7) is 4.05. The molecule has 1 unspecified atom stereocenters. The minimum absolute atomic E-state index is 0.114. The number of aromatic carboxylic acids is 1. The molecule has 0 aliphatic carbocycles. The van der Waals surface area contributed by atoms with Crippen LogP contribution in [0.25, 0.3) is 0 Å². The first-order valence-corrected chi connectivity index (χ1v) is 6.00. The average molecular weight is 224 g/mol. The smallest absolute Gasteiger partial charge is 0.335 e. The number of benzene rings is 1. The lowest BCUT2D eigenvalue weighted by Crippen LogP contribution is -2.17. The summed E-state index contributed by atoms with van der Waals surface area (Å²) in [5.41, 5.74) is 1.10. The Hall–Kier alpha value is -1.16. The molecule has 0 amide bonds. The molecule has 1 aromatic rings. The highest BCUT2D eigenvalue weighted by Gasteiger charge is 2.35. The lowest BCUT2D eigenvalue weighted by Gasteiger charge is -2.16. The Morgan fingerprint density at radius 2 is 2.13 bits per heavy atom. The second-order valence-corrected chi connectivity index (χ2v) is 5.81. The molecular formula is C11H12O3S. The predicted octanol–water partition coefficient (Wildman–Crippen LogP) is 1.78. The van der Waals surface area contributed by atoms with Gasteiger partial charge in [-0.05, 0) is 17.7 Å². The molecule has 0 radical (unpaired) electrons. The maximum atomic E-state index is 11.8. The van der Waals surface area contributed by atoms with Gasteiger partial charge in [-0.15, -0.1) is 0 Å². The summed E-state index contributed by atoms with van der Waals surface area (Å²) < 4.78 is 11.8. The fourth-order valence-corrected chi connectivity index (χ4v) is 3.70. The highest BCUT2D eigenvalue weighted by Crippen LogP contribution is 2.37. The molecule has 0 saturated heterocycles. The zero-order valence-electron chi connectivity index (χ0n) is 8.61. The van der Waals surface area contributed by atoms with Crippen molar-refractivity contribution in [2.24, 2.45) is 0 Å². The monoisotopic (exact) mass is 224 g/mol. The first-order chi connectivity index (χ1) is 6.92. The van der Waals surface area contributed by atoms with E-state index in [1.807, 2.05) is 13.8 Å². The summed E-state index contributed by atoms with van der Waals surface area (Å²) in [7, 11) is -1.06. The van der Waals surface area contributed by atoms with Gasteiger partial charge in [0.25, 0.3) is 0 Å². The van der Waals surface area contributed by atoms with Gasteiger partial charge in [0.05, 0.1) is 16.4 Å². The molecule has 1 N–H and O–H groups in total. The van der Waals surface area contributed by atoms with Gasteiger partial charge in [-0.1, -0.05) is 19.9 Å². The molecule has 2 rings (SSSR count). The van der Waals surface area contributed by atoms with Crippen molar-refractivity contribution in [1.29, 1.82) is 0 Å². The fraction of sp³-hybridized carbons (Fsp3) is 0.364. The molecule has 0 aromatic heterocycles. The van der Waals surface area contributed by atoms with Crippen molar-refractivity contribution < 1.29 is 14.1 Å². The summed E-state index contributed by atoms with van der Waals surface area (Å²) in [6.07, 6.45) is 0. The molecule has 0 fully saturated rings. The molecule has 3 nitrogen and oxygen atoms in total. The first kappa shape index (κ1) is 10.4. The zero-order chi connectivity index (χ0) is 11.2. The number of rotatable bonds is 1. The quantitative estimate of drug-likeness (QED) is 0.791. The third-order valence-electron chi connectivity index (χ3n) is 2.69. The Morgan fingerprint density at radius 3 is 2.73 bits per heavy atom. The molecule has 1 atom stereocenters. The third kappa shape index (κ3) is 1.59. The second-order valence-electron chi connectivity index (χ2n) is 4.39. The van der Waals surface area contributed by atoms with Crippen LogP contribution in [0.15, 0.2) is 23.1 Å². The van der Waals surface area contributed by atoms with Crippen LogP contribution in [0.3, 0.4) is 0 Å². The number of hydrogen-bond acceptors (Lipinski definition) is 2. The molecule has 1 heterocycles. The van der Waals surface area contributed by atoms with Crippen molar-refractivity contribution in [2.75, 3.05) is 5.75 Å². The van der Waals surface area contributed by atoms with Crippen LogP contribution in [-0.2, 0) is 16.2 Å². The zero-order valence-corrected chi connectivity index (χ0v) is 9.43. The molecule has 1 aliphatic heterocycles. The van der Waals surface area contributed by atoms with Gasteiger partial charge in [-0.25, -0.2) is 4.79 Å². The molecule has 1 aliphatic rings.